The van der Waals surface area contributed by atoms with Gasteiger partial charge in [0.2, 0.25) is 5.88 Å². The van der Waals surface area contributed by atoms with Gasteiger partial charge in [-0.05, 0) is 37.6 Å². The maximum Gasteiger partial charge on any atom is 0.333 e. The first-order valence-corrected chi connectivity index (χ1v) is 8.20. The van der Waals surface area contributed by atoms with Crippen molar-refractivity contribution in [2.75, 3.05) is 19.8 Å². The van der Waals surface area contributed by atoms with Gasteiger partial charge in [0, 0.05) is 25.3 Å². The lowest BCUT2D eigenvalue weighted by atomic mass is 10.1. The minimum absolute atomic E-state index is 0.266. The molecule has 2 aromatic rings. The molecule has 1 heterocycles. The summed E-state index contributed by atoms with van der Waals surface area (Å²) in [5.74, 6) is 0.246. The molecule has 1 N–H and O–H groups in total. The molecule has 0 fully saturated rings. The number of carbonyl (C=O) groups is 1. The molecule has 0 saturated carbocycles. The van der Waals surface area contributed by atoms with Gasteiger partial charge in [-0.2, -0.15) is 0 Å². The summed E-state index contributed by atoms with van der Waals surface area (Å²) in [4.78, 5) is 15.3. The summed E-state index contributed by atoms with van der Waals surface area (Å²) in [7, 11) is 0. The Balaban J connectivity index is 1.82. The van der Waals surface area contributed by atoms with Crippen LogP contribution in [0, 0.1) is 6.92 Å². The number of aryl methyl sites for hydroxylation is 1. The Kier molecular flexibility index (Phi) is 7.22. The largest absolute Gasteiger partial charge is 0.490 e. The van der Waals surface area contributed by atoms with E-state index in [-0.39, 0.29) is 6.42 Å². The highest BCUT2D eigenvalue weighted by molar-refractivity contribution is 5.72. The number of pyridine rings is 1. The summed E-state index contributed by atoms with van der Waals surface area (Å²) >= 11 is 0. The van der Waals surface area contributed by atoms with Gasteiger partial charge in [0.1, 0.15) is 19.0 Å². The van der Waals surface area contributed by atoms with Crippen LogP contribution in [0.4, 0.5) is 0 Å². The molecular weight excluding hydrogens is 322 g/mol. The predicted molar refractivity (Wildman–Crippen MR) is 93.2 cm³/mol. The Bertz CT molecular complexity index is 672. The lowest BCUT2D eigenvalue weighted by Crippen LogP contribution is -2.26. The number of carboxylic acids is 1. The maximum absolute atomic E-state index is 11.2. The van der Waals surface area contributed by atoms with Crippen LogP contribution in [0.1, 0.15) is 18.1 Å². The van der Waals surface area contributed by atoms with Crippen molar-refractivity contribution in [3.63, 3.8) is 0 Å². The van der Waals surface area contributed by atoms with E-state index in [1.54, 1.807) is 25.3 Å². The minimum atomic E-state index is -0.979. The molecule has 6 nitrogen and oxygen atoms in total. The van der Waals surface area contributed by atoms with Gasteiger partial charge in [0.05, 0.1) is 0 Å². The summed E-state index contributed by atoms with van der Waals surface area (Å²) in [6.07, 6.45) is 0.989. The van der Waals surface area contributed by atoms with E-state index in [1.165, 1.54) is 5.56 Å². The lowest BCUT2D eigenvalue weighted by molar-refractivity contribution is -0.149. The third-order valence-corrected chi connectivity index (χ3v) is 3.49. The van der Waals surface area contributed by atoms with Gasteiger partial charge in [0.25, 0.3) is 0 Å². The summed E-state index contributed by atoms with van der Waals surface area (Å²) in [5.41, 5.74) is 1.97. The fraction of sp³-hybridized carbons (Fsp3) is 0.368. The van der Waals surface area contributed by atoms with E-state index in [1.807, 2.05) is 31.2 Å². The predicted octanol–water partition coefficient (Wildman–Crippen LogP) is 2.88. The van der Waals surface area contributed by atoms with Gasteiger partial charge in [0.15, 0.2) is 6.10 Å². The average Bonchev–Trinajstić information content (AvgIpc) is 2.60. The highest BCUT2D eigenvalue weighted by Crippen LogP contribution is 2.14. The molecule has 1 unspecified atom stereocenters. The van der Waals surface area contributed by atoms with Crippen LogP contribution < -0.4 is 9.47 Å². The van der Waals surface area contributed by atoms with E-state index in [4.69, 9.17) is 19.3 Å². The number of hydrogen-bond acceptors (Lipinski definition) is 5. The van der Waals surface area contributed by atoms with Crippen molar-refractivity contribution in [3.8, 4) is 11.6 Å². The Morgan fingerprint density at radius 1 is 1.16 bits per heavy atom. The van der Waals surface area contributed by atoms with Crippen LogP contribution in [0.5, 0.6) is 11.6 Å². The standard InChI is InChI=1S/C19H23NO5/c1-3-23-17(19(21)22)12-15-8-9-20-18(13-15)25-11-10-24-16-6-4-14(2)5-7-16/h4-9,13,17H,3,10-12H2,1-2H3,(H,21,22). The van der Waals surface area contributed by atoms with Crippen molar-refractivity contribution in [1.82, 2.24) is 4.98 Å². The van der Waals surface area contributed by atoms with Crippen molar-refractivity contribution in [2.45, 2.75) is 26.4 Å². The molecule has 134 valence electrons. The lowest BCUT2D eigenvalue weighted by Gasteiger charge is -2.13. The van der Waals surface area contributed by atoms with Crippen molar-refractivity contribution in [3.05, 3.63) is 53.7 Å². The van der Waals surface area contributed by atoms with E-state index in [0.717, 1.165) is 11.3 Å². The minimum Gasteiger partial charge on any atom is -0.490 e. The molecule has 6 heteroatoms. The van der Waals surface area contributed by atoms with Crippen LogP contribution >= 0.6 is 0 Å². The molecular formula is C19H23NO5. The Hall–Kier alpha value is -2.60. The van der Waals surface area contributed by atoms with Gasteiger partial charge in [-0.25, -0.2) is 9.78 Å². The molecule has 0 spiro atoms. The summed E-state index contributed by atoms with van der Waals surface area (Å²) in [5, 5.41) is 9.15. The third kappa shape index (κ3) is 6.43. The second-order valence-corrected chi connectivity index (χ2v) is 5.50. The number of nitrogens with zero attached hydrogens (tertiary/aromatic N) is 1. The Labute approximate surface area is 147 Å². The van der Waals surface area contributed by atoms with Crippen LogP contribution in [0.3, 0.4) is 0 Å². The Morgan fingerprint density at radius 2 is 1.88 bits per heavy atom. The van der Waals surface area contributed by atoms with Crippen molar-refractivity contribution < 1.29 is 24.1 Å². The number of rotatable bonds is 10. The van der Waals surface area contributed by atoms with E-state index in [2.05, 4.69) is 4.98 Å². The number of aliphatic carboxylic acids is 1. The first-order chi connectivity index (χ1) is 12.1. The van der Waals surface area contributed by atoms with Gasteiger partial charge >= 0.3 is 5.97 Å². The molecule has 0 saturated heterocycles. The summed E-state index contributed by atoms with van der Waals surface area (Å²) < 4.78 is 16.4. The van der Waals surface area contributed by atoms with E-state index < -0.39 is 12.1 Å². The van der Waals surface area contributed by atoms with E-state index in [0.29, 0.717) is 25.7 Å². The molecule has 1 atom stereocenters. The maximum atomic E-state index is 11.2. The Morgan fingerprint density at radius 3 is 2.56 bits per heavy atom. The van der Waals surface area contributed by atoms with Gasteiger partial charge in [-0.1, -0.05) is 17.7 Å². The first-order valence-electron chi connectivity index (χ1n) is 8.20. The molecule has 25 heavy (non-hydrogen) atoms. The highest BCUT2D eigenvalue weighted by Gasteiger charge is 2.18. The zero-order valence-electron chi connectivity index (χ0n) is 14.5. The molecule has 1 aromatic carbocycles. The first kappa shape index (κ1) is 18.7. The molecule has 1 aromatic heterocycles. The number of hydrogen-bond donors (Lipinski definition) is 1. The van der Waals surface area contributed by atoms with Crippen molar-refractivity contribution in [2.24, 2.45) is 0 Å². The second-order valence-electron chi connectivity index (χ2n) is 5.50. The number of benzene rings is 1. The molecule has 0 aliphatic carbocycles. The van der Waals surface area contributed by atoms with Crippen LogP contribution in [0.2, 0.25) is 0 Å². The fourth-order valence-corrected chi connectivity index (χ4v) is 2.23. The summed E-state index contributed by atoms with van der Waals surface area (Å²) in [6.45, 7) is 4.88. The van der Waals surface area contributed by atoms with Crippen LogP contribution in [-0.4, -0.2) is 42.0 Å². The highest BCUT2D eigenvalue weighted by atomic mass is 16.5. The molecule has 0 aliphatic rings. The van der Waals surface area contributed by atoms with Crippen LogP contribution in [0.25, 0.3) is 0 Å². The SMILES string of the molecule is CCOC(Cc1ccnc(OCCOc2ccc(C)cc2)c1)C(=O)O. The quantitative estimate of drug-likeness (QED) is 0.667. The zero-order valence-corrected chi connectivity index (χ0v) is 14.5. The monoisotopic (exact) mass is 345 g/mol. The summed E-state index contributed by atoms with van der Waals surface area (Å²) in [6, 6.07) is 11.3. The number of ether oxygens (including phenoxy) is 3. The van der Waals surface area contributed by atoms with E-state index in [9.17, 15) is 4.79 Å². The van der Waals surface area contributed by atoms with E-state index >= 15 is 0 Å². The molecule has 2 rings (SSSR count). The average molecular weight is 345 g/mol. The second kappa shape index (κ2) is 9.64. The van der Waals surface area contributed by atoms with Gasteiger partial charge < -0.3 is 19.3 Å². The number of aromatic nitrogens is 1. The number of carboxylic acid groups (broad SMARTS) is 1. The zero-order chi connectivity index (χ0) is 18.1. The van der Waals surface area contributed by atoms with Crippen molar-refractivity contribution in [1.29, 1.82) is 0 Å². The third-order valence-electron chi connectivity index (χ3n) is 3.49. The van der Waals surface area contributed by atoms with Gasteiger partial charge in [-0.3, -0.25) is 0 Å². The normalized spacial score (nSPS) is 11.8. The smallest absolute Gasteiger partial charge is 0.333 e. The fourth-order valence-electron chi connectivity index (χ4n) is 2.23. The molecule has 0 amide bonds. The topological polar surface area (TPSA) is 77.9 Å². The van der Waals surface area contributed by atoms with Crippen LogP contribution in [-0.2, 0) is 16.0 Å². The molecule has 0 bridgehead atoms. The van der Waals surface area contributed by atoms with Crippen LogP contribution in [0.15, 0.2) is 42.6 Å². The van der Waals surface area contributed by atoms with Gasteiger partial charge in [-0.15, -0.1) is 0 Å². The molecule has 0 radical (unpaired) electrons. The molecule has 0 aliphatic heterocycles. The van der Waals surface area contributed by atoms with Crippen molar-refractivity contribution >= 4 is 5.97 Å².